The van der Waals surface area contributed by atoms with Crippen molar-refractivity contribution in [3.8, 4) is 0 Å². The molecule has 0 saturated heterocycles. The largest absolute Gasteiger partial charge is 0.409 e. The van der Waals surface area contributed by atoms with Gasteiger partial charge in [-0.1, -0.05) is 18.1 Å². The fourth-order valence-electron chi connectivity index (χ4n) is 1.44. The molecular formula is C12H18N4O2. The van der Waals surface area contributed by atoms with Crippen molar-refractivity contribution < 1.29 is 10.0 Å². The summed E-state index contributed by atoms with van der Waals surface area (Å²) >= 11 is 0. The summed E-state index contributed by atoms with van der Waals surface area (Å²) in [5.41, 5.74) is 5.30. The van der Waals surface area contributed by atoms with Gasteiger partial charge in [-0.3, -0.25) is 9.78 Å². The Balaban J connectivity index is 2.70. The van der Waals surface area contributed by atoms with Crippen LogP contribution in [0.5, 0.6) is 0 Å². The molecule has 0 spiro atoms. The zero-order valence-corrected chi connectivity index (χ0v) is 10.6. The third-order valence-corrected chi connectivity index (χ3v) is 3.04. The van der Waals surface area contributed by atoms with E-state index in [2.05, 4.69) is 15.5 Å². The zero-order valence-electron chi connectivity index (χ0n) is 10.6. The van der Waals surface area contributed by atoms with Gasteiger partial charge in [-0.2, -0.15) is 0 Å². The minimum Gasteiger partial charge on any atom is -0.409 e. The van der Waals surface area contributed by atoms with Gasteiger partial charge in [-0.15, -0.1) is 0 Å². The summed E-state index contributed by atoms with van der Waals surface area (Å²) in [6.07, 6.45) is 2.10. The predicted octanol–water partition coefficient (Wildman–Crippen LogP) is 0.861. The Labute approximate surface area is 106 Å². The second-order valence-electron chi connectivity index (χ2n) is 4.17. The van der Waals surface area contributed by atoms with E-state index in [0.29, 0.717) is 13.0 Å². The Morgan fingerprint density at radius 2 is 2.33 bits per heavy atom. The van der Waals surface area contributed by atoms with Crippen LogP contribution in [0.4, 0.5) is 0 Å². The highest BCUT2D eigenvalue weighted by Gasteiger charge is 2.36. The molecule has 0 aliphatic rings. The molecule has 1 aromatic heterocycles. The van der Waals surface area contributed by atoms with Crippen molar-refractivity contribution in [3.05, 3.63) is 30.1 Å². The summed E-state index contributed by atoms with van der Waals surface area (Å²) in [6.45, 7) is 3.75. The average Bonchev–Trinajstić information content (AvgIpc) is 2.43. The average molecular weight is 250 g/mol. The lowest BCUT2D eigenvalue weighted by atomic mass is 9.85. The smallest absolute Gasteiger partial charge is 0.233 e. The number of amidine groups is 1. The van der Waals surface area contributed by atoms with Crippen LogP contribution in [0.2, 0.25) is 0 Å². The quantitative estimate of drug-likeness (QED) is 0.312. The fraction of sp³-hybridized carbons (Fsp3) is 0.417. The molecule has 98 valence electrons. The Morgan fingerprint density at radius 3 is 2.83 bits per heavy atom. The van der Waals surface area contributed by atoms with E-state index in [9.17, 15) is 4.79 Å². The maximum Gasteiger partial charge on any atom is 0.233 e. The molecule has 0 bridgehead atoms. The van der Waals surface area contributed by atoms with Crippen molar-refractivity contribution in [3.63, 3.8) is 0 Å². The van der Waals surface area contributed by atoms with Gasteiger partial charge in [0.2, 0.25) is 5.91 Å². The second-order valence-corrected chi connectivity index (χ2v) is 4.17. The maximum absolute atomic E-state index is 12.1. The van der Waals surface area contributed by atoms with Crippen molar-refractivity contribution in [1.29, 1.82) is 0 Å². The molecule has 0 radical (unpaired) electrons. The van der Waals surface area contributed by atoms with Crippen LogP contribution in [-0.4, -0.2) is 21.9 Å². The number of oxime groups is 1. The molecule has 1 unspecified atom stereocenters. The highest BCUT2D eigenvalue weighted by Crippen LogP contribution is 2.21. The molecule has 1 aromatic rings. The Hall–Kier alpha value is -2.11. The highest BCUT2D eigenvalue weighted by molar-refractivity contribution is 6.06. The molecule has 1 heterocycles. The molecular weight excluding hydrogens is 232 g/mol. The standard InChI is InChI=1S/C12H18N4O2/c1-3-12(2,10(13)16-18)11(17)15-8-9-6-4-5-7-14-9/h4-7,18H,3,8H2,1-2H3,(H2,13,16)(H,15,17). The fourth-order valence-corrected chi connectivity index (χ4v) is 1.44. The zero-order chi connectivity index (χ0) is 13.6. The van der Waals surface area contributed by atoms with Crippen molar-refractivity contribution in [2.45, 2.75) is 26.8 Å². The van der Waals surface area contributed by atoms with Gasteiger partial charge < -0.3 is 16.3 Å². The van der Waals surface area contributed by atoms with Crippen LogP contribution in [0.25, 0.3) is 0 Å². The van der Waals surface area contributed by atoms with E-state index in [1.807, 2.05) is 12.1 Å². The van der Waals surface area contributed by atoms with Crippen LogP contribution in [-0.2, 0) is 11.3 Å². The molecule has 18 heavy (non-hydrogen) atoms. The van der Waals surface area contributed by atoms with Crippen LogP contribution in [0.1, 0.15) is 26.0 Å². The molecule has 0 aliphatic carbocycles. The Kier molecular flexibility index (Phi) is 4.65. The number of nitrogens with one attached hydrogen (secondary N) is 1. The van der Waals surface area contributed by atoms with E-state index in [1.54, 1.807) is 26.1 Å². The van der Waals surface area contributed by atoms with E-state index in [4.69, 9.17) is 10.9 Å². The van der Waals surface area contributed by atoms with Crippen LogP contribution in [0.3, 0.4) is 0 Å². The van der Waals surface area contributed by atoms with Gasteiger partial charge in [-0.05, 0) is 25.5 Å². The number of pyridine rings is 1. The van der Waals surface area contributed by atoms with Crippen LogP contribution in [0, 0.1) is 5.41 Å². The Bertz CT molecular complexity index is 433. The van der Waals surface area contributed by atoms with Gasteiger partial charge in [0.05, 0.1) is 12.2 Å². The molecule has 1 amide bonds. The van der Waals surface area contributed by atoms with Crippen LogP contribution in [0.15, 0.2) is 29.6 Å². The number of aromatic nitrogens is 1. The molecule has 0 aliphatic heterocycles. The minimum absolute atomic E-state index is 0.0940. The van der Waals surface area contributed by atoms with Gasteiger partial charge in [0.25, 0.3) is 0 Å². The predicted molar refractivity (Wildman–Crippen MR) is 67.9 cm³/mol. The van der Waals surface area contributed by atoms with E-state index in [-0.39, 0.29) is 11.7 Å². The lowest BCUT2D eigenvalue weighted by molar-refractivity contribution is -0.127. The summed E-state index contributed by atoms with van der Waals surface area (Å²) < 4.78 is 0. The number of carbonyl (C=O) groups is 1. The normalized spacial score (nSPS) is 14.9. The summed E-state index contributed by atoms with van der Waals surface area (Å²) in [7, 11) is 0. The van der Waals surface area contributed by atoms with Gasteiger partial charge in [0.1, 0.15) is 5.41 Å². The lowest BCUT2D eigenvalue weighted by Crippen LogP contribution is -2.47. The number of carbonyl (C=O) groups excluding carboxylic acids is 1. The molecule has 4 N–H and O–H groups in total. The SMILES string of the molecule is CCC(C)(C(=O)NCc1ccccn1)/C(N)=N/O. The Morgan fingerprint density at radius 1 is 1.61 bits per heavy atom. The minimum atomic E-state index is -1.01. The number of hydrogen-bond donors (Lipinski definition) is 3. The number of nitrogens with zero attached hydrogens (tertiary/aromatic N) is 2. The van der Waals surface area contributed by atoms with E-state index >= 15 is 0 Å². The molecule has 0 fully saturated rings. The third-order valence-electron chi connectivity index (χ3n) is 3.04. The first-order chi connectivity index (χ1) is 8.54. The molecule has 0 aromatic carbocycles. The maximum atomic E-state index is 12.1. The number of amides is 1. The van der Waals surface area contributed by atoms with E-state index < -0.39 is 5.41 Å². The summed E-state index contributed by atoms with van der Waals surface area (Å²) in [6, 6.07) is 5.46. The van der Waals surface area contributed by atoms with Gasteiger partial charge >= 0.3 is 0 Å². The van der Waals surface area contributed by atoms with Crippen molar-refractivity contribution in [2.24, 2.45) is 16.3 Å². The molecule has 6 nitrogen and oxygen atoms in total. The van der Waals surface area contributed by atoms with Crippen LogP contribution >= 0.6 is 0 Å². The molecule has 6 heteroatoms. The monoisotopic (exact) mass is 250 g/mol. The lowest BCUT2D eigenvalue weighted by Gasteiger charge is -2.25. The van der Waals surface area contributed by atoms with Crippen molar-refractivity contribution in [2.75, 3.05) is 0 Å². The van der Waals surface area contributed by atoms with Crippen LogP contribution < -0.4 is 11.1 Å². The highest BCUT2D eigenvalue weighted by atomic mass is 16.4. The molecule has 0 saturated carbocycles. The number of rotatable bonds is 5. The van der Waals surface area contributed by atoms with E-state index in [0.717, 1.165) is 5.69 Å². The van der Waals surface area contributed by atoms with E-state index in [1.165, 1.54) is 0 Å². The number of hydrogen-bond acceptors (Lipinski definition) is 4. The topological polar surface area (TPSA) is 101 Å². The summed E-state index contributed by atoms with van der Waals surface area (Å²) in [4.78, 5) is 16.2. The van der Waals surface area contributed by atoms with Crippen molar-refractivity contribution >= 4 is 11.7 Å². The third kappa shape index (κ3) is 2.97. The van der Waals surface area contributed by atoms with Gasteiger partial charge in [0.15, 0.2) is 5.84 Å². The van der Waals surface area contributed by atoms with Gasteiger partial charge in [0, 0.05) is 6.20 Å². The van der Waals surface area contributed by atoms with Crippen molar-refractivity contribution in [1.82, 2.24) is 10.3 Å². The summed E-state index contributed by atoms with van der Waals surface area (Å²) in [5.74, 6) is -0.380. The first-order valence-corrected chi connectivity index (χ1v) is 5.70. The first kappa shape index (κ1) is 14.0. The molecule has 1 rings (SSSR count). The number of nitrogens with two attached hydrogens (primary N) is 1. The second kappa shape index (κ2) is 6.00. The van der Waals surface area contributed by atoms with Gasteiger partial charge in [-0.25, -0.2) is 0 Å². The summed E-state index contributed by atoms with van der Waals surface area (Å²) in [5, 5.41) is 14.4. The first-order valence-electron chi connectivity index (χ1n) is 5.70. The molecule has 1 atom stereocenters.